The van der Waals surface area contributed by atoms with Crippen molar-refractivity contribution in [1.82, 2.24) is 10.2 Å². The number of nitrogens with one attached hydrogen (secondary N) is 1. The SMILES string of the molecule is N#CC1CN1C(=O)NC(=O)Cc1ccco1. The van der Waals surface area contributed by atoms with Gasteiger partial charge in [0.15, 0.2) is 0 Å². The van der Waals surface area contributed by atoms with Crippen molar-refractivity contribution in [3.8, 4) is 6.07 Å². The van der Waals surface area contributed by atoms with Crippen molar-refractivity contribution in [1.29, 1.82) is 5.26 Å². The maximum atomic E-state index is 11.3. The van der Waals surface area contributed by atoms with E-state index in [1.165, 1.54) is 11.2 Å². The van der Waals surface area contributed by atoms with Gasteiger partial charge >= 0.3 is 6.03 Å². The maximum absolute atomic E-state index is 11.3. The normalized spacial score (nSPS) is 17.7. The van der Waals surface area contributed by atoms with E-state index in [2.05, 4.69) is 5.32 Å². The number of carbonyl (C=O) groups is 2. The van der Waals surface area contributed by atoms with Gasteiger partial charge < -0.3 is 9.32 Å². The minimum absolute atomic E-state index is 0.0177. The van der Waals surface area contributed by atoms with Crippen LogP contribution < -0.4 is 5.32 Å². The van der Waals surface area contributed by atoms with Crippen molar-refractivity contribution >= 4 is 11.9 Å². The predicted octanol–water partition coefficient (Wildman–Crippen LogP) is 0.266. The molecule has 0 radical (unpaired) electrons. The average molecular weight is 219 g/mol. The van der Waals surface area contributed by atoms with Crippen LogP contribution in [0.1, 0.15) is 5.76 Å². The second-order valence-electron chi connectivity index (χ2n) is 3.41. The van der Waals surface area contributed by atoms with E-state index in [0.29, 0.717) is 12.3 Å². The maximum Gasteiger partial charge on any atom is 0.325 e. The first-order valence-corrected chi connectivity index (χ1v) is 4.73. The first-order chi connectivity index (χ1) is 7.70. The third kappa shape index (κ3) is 2.20. The van der Waals surface area contributed by atoms with Crippen LogP contribution in [0.2, 0.25) is 0 Å². The fourth-order valence-corrected chi connectivity index (χ4v) is 1.28. The highest BCUT2D eigenvalue weighted by atomic mass is 16.3. The first-order valence-electron chi connectivity index (χ1n) is 4.73. The van der Waals surface area contributed by atoms with Gasteiger partial charge in [-0.1, -0.05) is 0 Å². The molecule has 6 heteroatoms. The lowest BCUT2D eigenvalue weighted by Gasteiger charge is -2.02. The summed E-state index contributed by atoms with van der Waals surface area (Å²) < 4.78 is 4.97. The highest BCUT2D eigenvalue weighted by Gasteiger charge is 2.39. The molecule has 3 amide bonds. The van der Waals surface area contributed by atoms with Gasteiger partial charge in [-0.05, 0) is 12.1 Å². The summed E-state index contributed by atoms with van der Waals surface area (Å²) in [5, 5.41) is 10.7. The first kappa shape index (κ1) is 10.2. The number of rotatable bonds is 2. The Kier molecular flexibility index (Phi) is 2.60. The lowest BCUT2D eigenvalue weighted by atomic mass is 10.3. The Morgan fingerprint density at radius 2 is 2.50 bits per heavy atom. The Morgan fingerprint density at radius 3 is 3.06 bits per heavy atom. The van der Waals surface area contributed by atoms with E-state index >= 15 is 0 Å². The van der Waals surface area contributed by atoms with Crippen LogP contribution in [0.15, 0.2) is 22.8 Å². The lowest BCUT2D eigenvalue weighted by Crippen LogP contribution is -2.35. The predicted molar refractivity (Wildman–Crippen MR) is 52.1 cm³/mol. The molecule has 1 atom stereocenters. The van der Waals surface area contributed by atoms with Crippen LogP contribution in [-0.4, -0.2) is 29.4 Å². The largest absolute Gasteiger partial charge is 0.469 e. The number of furan rings is 1. The number of carbonyl (C=O) groups excluding carboxylic acids is 2. The molecule has 0 saturated carbocycles. The molecule has 2 rings (SSSR count). The molecule has 1 aliphatic rings. The van der Waals surface area contributed by atoms with Gasteiger partial charge in [-0.3, -0.25) is 10.1 Å². The van der Waals surface area contributed by atoms with Crippen molar-refractivity contribution in [2.75, 3.05) is 6.54 Å². The molecule has 1 fully saturated rings. The third-order valence-electron chi connectivity index (χ3n) is 2.18. The van der Waals surface area contributed by atoms with Gasteiger partial charge in [-0.25, -0.2) is 4.79 Å². The molecular formula is C10H9N3O3. The molecule has 1 unspecified atom stereocenters. The fraction of sp³-hybridized carbons (Fsp3) is 0.300. The molecule has 0 aliphatic carbocycles. The average Bonchev–Trinajstić information content (AvgIpc) is 2.89. The summed E-state index contributed by atoms with van der Waals surface area (Å²) in [6.45, 7) is 0.385. The highest BCUT2D eigenvalue weighted by molar-refractivity contribution is 5.96. The molecule has 1 aliphatic heterocycles. The molecule has 2 heterocycles. The van der Waals surface area contributed by atoms with Gasteiger partial charge in [0.1, 0.15) is 11.8 Å². The quantitative estimate of drug-likeness (QED) is 0.723. The molecule has 0 spiro atoms. The summed E-state index contributed by atoms with van der Waals surface area (Å²) in [5.41, 5.74) is 0. The molecule has 1 N–H and O–H groups in total. The van der Waals surface area contributed by atoms with Gasteiger partial charge in [0.05, 0.1) is 25.3 Å². The lowest BCUT2D eigenvalue weighted by molar-refractivity contribution is -0.119. The van der Waals surface area contributed by atoms with E-state index in [1.54, 1.807) is 12.1 Å². The molecule has 1 aromatic rings. The monoisotopic (exact) mass is 219 g/mol. The molecule has 1 saturated heterocycles. The van der Waals surface area contributed by atoms with Gasteiger partial charge in [0.2, 0.25) is 5.91 Å². The molecule has 0 aromatic carbocycles. The summed E-state index contributed by atoms with van der Waals surface area (Å²) >= 11 is 0. The van der Waals surface area contributed by atoms with Crippen LogP contribution in [-0.2, 0) is 11.2 Å². The fourth-order valence-electron chi connectivity index (χ4n) is 1.28. The summed E-state index contributed by atoms with van der Waals surface area (Å²) in [6.07, 6.45) is 1.48. The Balaban J connectivity index is 1.80. The van der Waals surface area contributed by atoms with E-state index in [-0.39, 0.29) is 6.42 Å². The molecule has 0 bridgehead atoms. The van der Waals surface area contributed by atoms with Crippen molar-refractivity contribution < 1.29 is 14.0 Å². The number of urea groups is 1. The van der Waals surface area contributed by atoms with Crippen molar-refractivity contribution in [2.45, 2.75) is 12.5 Å². The zero-order valence-electron chi connectivity index (χ0n) is 8.34. The summed E-state index contributed by atoms with van der Waals surface area (Å²) in [7, 11) is 0. The van der Waals surface area contributed by atoms with Gasteiger partial charge in [0.25, 0.3) is 0 Å². The summed E-state index contributed by atoms with van der Waals surface area (Å²) in [6, 6.07) is 4.33. The Hall–Kier alpha value is -2.29. The standard InChI is InChI=1S/C10H9N3O3/c11-5-7-6-13(7)10(15)12-9(14)4-8-2-1-3-16-8/h1-3,7H,4,6H2,(H,12,14,15). The smallest absolute Gasteiger partial charge is 0.325 e. The van der Waals surface area contributed by atoms with Crippen LogP contribution in [0.25, 0.3) is 0 Å². The van der Waals surface area contributed by atoms with Crippen LogP contribution >= 0.6 is 0 Å². The second-order valence-corrected chi connectivity index (χ2v) is 3.41. The van der Waals surface area contributed by atoms with Crippen LogP contribution in [0, 0.1) is 11.3 Å². The van der Waals surface area contributed by atoms with Crippen molar-refractivity contribution in [2.24, 2.45) is 0 Å². The van der Waals surface area contributed by atoms with Crippen LogP contribution in [0.5, 0.6) is 0 Å². The number of nitriles is 1. The molecule has 6 nitrogen and oxygen atoms in total. The molecule has 16 heavy (non-hydrogen) atoms. The van der Waals surface area contributed by atoms with Gasteiger partial charge in [-0.15, -0.1) is 0 Å². The van der Waals surface area contributed by atoms with E-state index in [0.717, 1.165) is 0 Å². The van der Waals surface area contributed by atoms with Crippen LogP contribution in [0.4, 0.5) is 4.79 Å². The molecule has 82 valence electrons. The Bertz CT molecular complexity index is 446. The number of amides is 3. The Morgan fingerprint density at radius 1 is 1.69 bits per heavy atom. The van der Waals surface area contributed by atoms with Gasteiger partial charge in [0, 0.05) is 0 Å². The topological polar surface area (TPSA) is 86.1 Å². The highest BCUT2D eigenvalue weighted by Crippen LogP contribution is 2.15. The number of nitrogens with zero attached hydrogens (tertiary/aromatic N) is 2. The minimum Gasteiger partial charge on any atom is -0.469 e. The van der Waals surface area contributed by atoms with E-state index in [1.807, 2.05) is 6.07 Å². The van der Waals surface area contributed by atoms with Crippen molar-refractivity contribution in [3.05, 3.63) is 24.2 Å². The summed E-state index contributed by atoms with van der Waals surface area (Å²) in [4.78, 5) is 24.0. The molecule has 1 aromatic heterocycles. The van der Waals surface area contributed by atoms with Gasteiger partial charge in [-0.2, -0.15) is 5.26 Å². The van der Waals surface area contributed by atoms with E-state index < -0.39 is 18.0 Å². The number of hydrogen-bond acceptors (Lipinski definition) is 4. The minimum atomic E-state index is -0.525. The zero-order chi connectivity index (χ0) is 11.5. The van der Waals surface area contributed by atoms with E-state index in [9.17, 15) is 9.59 Å². The Labute approximate surface area is 91.4 Å². The van der Waals surface area contributed by atoms with Crippen LogP contribution in [0.3, 0.4) is 0 Å². The molecular weight excluding hydrogens is 210 g/mol. The number of imide groups is 1. The van der Waals surface area contributed by atoms with E-state index in [4.69, 9.17) is 9.68 Å². The number of hydrogen-bond donors (Lipinski definition) is 1. The summed E-state index contributed by atoms with van der Waals surface area (Å²) in [5.74, 6) is 0.0523. The zero-order valence-corrected chi connectivity index (χ0v) is 8.34. The second kappa shape index (κ2) is 4.06. The third-order valence-corrected chi connectivity index (χ3v) is 2.18. The van der Waals surface area contributed by atoms with Crippen molar-refractivity contribution in [3.63, 3.8) is 0 Å².